The number of allylic oxidation sites excluding steroid dienone is 6. The summed E-state index contributed by atoms with van der Waals surface area (Å²) < 4.78 is 0. The van der Waals surface area contributed by atoms with Crippen molar-refractivity contribution in [2.75, 3.05) is 0 Å². The molecule has 0 aromatic heterocycles. The Morgan fingerprint density at radius 3 is 1.68 bits per heavy atom. The van der Waals surface area contributed by atoms with Crippen molar-refractivity contribution in [2.45, 2.75) is 77.6 Å². The van der Waals surface area contributed by atoms with Crippen molar-refractivity contribution in [2.24, 2.45) is 5.92 Å². The van der Waals surface area contributed by atoms with Gasteiger partial charge in [-0.15, -0.1) is 0 Å². The molecule has 0 aromatic rings. The lowest BCUT2D eigenvalue weighted by atomic mass is 10.0. The van der Waals surface area contributed by atoms with Gasteiger partial charge >= 0.3 is 11.9 Å². The Labute approximate surface area is 152 Å². The average molecular weight is 350 g/mol. The smallest absolute Gasteiger partial charge is 0.317 e. The molecule has 0 spiro atoms. The second-order valence-corrected chi connectivity index (χ2v) is 6.25. The number of carboxylic acids is 2. The molecule has 2 N–H and O–H groups in total. The molecule has 0 saturated carbocycles. The van der Waals surface area contributed by atoms with Crippen molar-refractivity contribution in [1.82, 2.24) is 0 Å². The van der Waals surface area contributed by atoms with Crippen LogP contribution in [-0.2, 0) is 9.59 Å². The lowest BCUT2D eigenvalue weighted by molar-refractivity contribution is -0.154. The lowest BCUT2D eigenvalue weighted by Crippen LogP contribution is -2.23. The lowest BCUT2D eigenvalue weighted by Gasteiger charge is -2.06. The van der Waals surface area contributed by atoms with Gasteiger partial charge in [0, 0.05) is 0 Å². The maximum absolute atomic E-state index is 10.7. The molecule has 0 atom stereocenters. The van der Waals surface area contributed by atoms with Crippen molar-refractivity contribution in [3.05, 3.63) is 36.5 Å². The third kappa shape index (κ3) is 15.4. The Morgan fingerprint density at radius 1 is 0.720 bits per heavy atom. The Bertz CT molecular complexity index is 421. The van der Waals surface area contributed by atoms with Gasteiger partial charge < -0.3 is 10.2 Å². The van der Waals surface area contributed by atoms with Crippen molar-refractivity contribution in [3.63, 3.8) is 0 Å². The molecule has 0 aliphatic rings. The number of rotatable bonds is 16. The number of aliphatic carboxylic acids is 2. The molecule has 0 saturated heterocycles. The van der Waals surface area contributed by atoms with Crippen LogP contribution < -0.4 is 0 Å². The zero-order valence-corrected chi connectivity index (χ0v) is 15.5. The topological polar surface area (TPSA) is 74.6 Å². The van der Waals surface area contributed by atoms with Gasteiger partial charge in [-0.05, 0) is 44.9 Å². The van der Waals surface area contributed by atoms with Crippen LogP contribution >= 0.6 is 0 Å². The fourth-order valence-electron chi connectivity index (χ4n) is 2.43. The highest BCUT2D eigenvalue weighted by Crippen LogP contribution is 2.12. The van der Waals surface area contributed by atoms with E-state index in [1.165, 1.54) is 25.7 Å². The van der Waals surface area contributed by atoms with Crippen molar-refractivity contribution in [1.29, 1.82) is 0 Å². The second-order valence-electron chi connectivity index (χ2n) is 6.25. The van der Waals surface area contributed by atoms with Gasteiger partial charge in [-0.2, -0.15) is 0 Å². The number of hydrogen-bond donors (Lipinski definition) is 2. The molecule has 142 valence electrons. The number of hydrogen-bond acceptors (Lipinski definition) is 2. The van der Waals surface area contributed by atoms with Crippen LogP contribution in [0.15, 0.2) is 36.5 Å². The maximum atomic E-state index is 10.7. The summed E-state index contributed by atoms with van der Waals surface area (Å²) in [6.07, 6.45) is 23.7. The van der Waals surface area contributed by atoms with Gasteiger partial charge in [0.15, 0.2) is 5.92 Å². The van der Waals surface area contributed by atoms with Crippen LogP contribution in [0.2, 0.25) is 0 Å². The Balaban J connectivity index is 3.53. The Kier molecular flexibility index (Phi) is 15.7. The van der Waals surface area contributed by atoms with Crippen LogP contribution in [-0.4, -0.2) is 22.2 Å². The largest absolute Gasteiger partial charge is 0.481 e. The van der Waals surface area contributed by atoms with Gasteiger partial charge in [-0.25, -0.2) is 0 Å². The first-order valence-electron chi connectivity index (χ1n) is 9.50. The van der Waals surface area contributed by atoms with Gasteiger partial charge in [0.2, 0.25) is 0 Å². The van der Waals surface area contributed by atoms with Crippen molar-refractivity contribution < 1.29 is 19.8 Å². The molecule has 0 amide bonds. The Hall–Kier alpha value is -1.84. The zero-order valence-electron chi connectivity index (χ0n) is 15.5. The summed E-state index contributed by atoms with van der Waals surface area (Å²) in [7, 11) is 0. The SMILES string of the molecule is CCCCCC=CC/C=C\C/C=C\CCCCCC(C(=O)O)C(=O)O. The summed E-state index contributed by atoms with van der Waals surface area (Å²) in [6.45, 7) is 2.22. The highest BCUT2D eigenvalue weighted by molar-refractivity contribution is 5.92. The van der Waals surface area contributed by atoms with Crippen LogP contribution in [0.5, 0.6) is 0 Å². The first kappa shape index (κ1) is 23.2. The van der Waals surface area contributed by atoms with Crippen molar-refractivity contribution >= 4 is 11.9 Å². The molecule has 4 nitrogen and oxygen atoms in total. The molecular formula is C21H34O4. The van der Waals surface area contributed by atoms with E-state index in [1.54, 1.807) is 0 Å². The fraction of sp³-hybridized carbons (Fsp3) is 0.619. The zero-order chi connectivity index (χ0) is 18.8. The number of unbranched alkanes of at least 4 members (excludes halogenated alkanes) is 6. The molecule has 0 aliphatic heterocycles. The van der Waals surface area contributed by atoms with Gasteiger partial charge in [-0.1, -0.05) is 69.1 Å². The molecule has 0 radical (unpaired) electrons. The minimum atomic E-state index is -1.26. The van der Waals surface area contributed by atoms with Gasteiger partial charge in [-0.3, -0.25) is 9.59 Å². The van der Waals surface area contributed by atoms with E-state index in [-0.39, 0.29) is 6.42 Å². The summed E-state index contributed by atoms with van der Waals surface area (Å²) >= 11 is 0. The first-order chi connectivity index (χ1) is 12.1. The van der Waals surface area contributed by atoms with Crippen LogP contribution in [0, 0.1) is 5.92 Å². The van der Waals surface area contributed by atoms with Crippen LogP contribution in [0.25, 0.3) is 0 Å². The van der Waals surface area contributed by atoms with E-state index in [1.807, 2.05) is 0 Å². The van der Waals surface area contributed by atoms with Crippen molar-refractivity contribution in [3.8, 4) is 0 Å². The second kappa shape index (κ2) is 17.0. The average Bonchev–Trinajstić information content (AvgIpc) is 2.57. The molecule has 0 aromatic carbocycles. The molecular weight excluding hydrogens is 316 g/mol. The number of carboxylic acid groups (broad SMARTS) is 2. The third-order valence-corrected chi connectivity index (χ3v) is 3.98. The normalized spacial score (nSPS) is 12.1. The molecule has 0 bridgehead atoms. The number of carbonyl (C=O) groups is 2. The van der Waals surface area contributed by atoms with Gasteiger partial charge in [0.1, 0.15) is 0 Å². The molecule has 25 heavy (non-hydrogen) atoms. The summed E-state index contributed by atoms with van der Waals surface area (Å²) in [5.74, 6) is -3.74. The third-order valence-electron chi connectivity index (χ3n) is 3.98. The minimum absolute atomic E-state index is 0.211. The first-order valence-corrected chi connectivity index (χ1v) is 9.50. The van der Waals surface area contributed by atoms with E-state index in [0.717, 1.165) is 32.1 Å². The summed E-state index contributed by atoms with van der Waals surface area (Å²) in [4.78, 5) is 21.5. The van der Waals surface area contributed by atoms with Gasteiger partial charge in [0.05, 0.1) is 0 Å². The molecule has 0 aliphatic carbocycles. The molecule has 0 fully saturated rings. The van der Waals surface area contributed by atoms with E-state index in [9.17, 15) is 9.59 Å². The Morgan fingerprint density at radius 2 is 1.20 bits per heavy atom. The summed E-state index contributed by atoms with van der Waals surface area (Å²) in [5.41, 5.74) is 0. The molecule has 0 rings (SSSR count). The van der Waals surface area contributed by atoms with Crippen LogP contribution in [0.4, 0.5) is 0 Å². The van der Waals surface area contributed by atoms with Crippen LogP contribution in [0.3, 0.4) is 0 Å². The maximum Gasteiger partial charge on any atom is 0.317 e. The standard InChI is InChI=1S/C21H34O4/c1-2-3-4-5-6-7-8-9-10-11-12-13-14-15-16-17-18-19(20(22)23)21(24)25/h6-7,9-10,12-13,19H,2-5,8,11,14-18H2,1H3,(H,22,23)(H,24,25)/b7-6?,10-9-,13-12-. The quantitative estimate of drug-likeness (QED) is 0.211. The van der Waals surface area contributed by atoms with E-state index in [4.69, 9.17) is 10.2 Å². The summed E-state index contributed by atoms with van der Waals surface area (Å²) in [5, 5.41) is 17.5. The monoisotopic (exact) mass is 350 g/mol. The minimum Gasteiger partial charge on any atom is -0.481 e. The van der Waals surface area contributed by atoms with E-state index in [2.05, 4.69) is 43.4 Å². The predicted molar refractivity (Wildman–Crippen MR) is 103 cm³/mol. The van der Waals surface area contributed by atoms with Crippen LogP contribution in [0.1, 0.15) is 77.6 Å². The highest BCUT2D eigenvalue weighted by atomic mass is 16.4. The summed E-state index contributed by atoms with van der Waals surface area (Å²) in [6, 6.07) is 0. The highest BCUT2D eigenvalue weighted by Gasteiger charge is 2.24. The van der Waals surface area contributed by atoms with E-state index >= 15 is 0 Å². The van der Waals surface area contributed by atoms with E-state index in [0.29, 0.717) is 6.42 Å². The molecule has 0 unspecified atom stereocenters. The van der Waals surface area contributed by atoms with E-state index < -0.39 is 17.9 Å². The van der Waals surface area contributed by atoms with Gasteiger partial charge in [0.25, 0.3) is 0 Å². The molecule has 0 heterocycles. The predicted octanol–water partition coefficient (Wildman–Crippen LogP) is 5.75. The fourth-order valence-corrected chi connectivity index (χ4v) is 2.43. The molecule has 4 heteroatoms.